The van der Waals surface area contributed by atoms with Crippen LogP contribution in [0.5, 0.6) is 23.0 Å². The number of rotatable bonds is 8. The van der Waals surface area contributed by atoms with Crippen LogP contribution in [-0.2, 0) is 0 Å². The van der Waals surface area contributed by atoms with E-state index in [4.69, 9.17) is 42.1 Å². The van der Waals surface area contributed by atoms with E-state index in [1.54, 1.807) is 24.3 Å². The Labute approximate surface area is 172 Å². The van der Waals surface area contributed by atoms with Crippen molar-refractivity contribution >= 4 is 47.5 Å². The predicted octanol–water partition coefficient (Wildman–Crippen LogP) is 3.71. The number of ether oxygens (including phenoxy) is 4. The Kier molecular flexibility index (Phi) is 7.39. The van der Waals surface area contributed by atoms with Gasteiger partial charge in [0.1, 0.15) is 0 Å². The van der Waals surface area contributed by atoms with E-state index in [-0.39, 0.29) is 44.2 Å². The molecule has 6 nitrogen and oxygen atoms in total. The van der Waals surface area contributed by atoms with Crippen molar-refractivity contribution < 1.29 is 28.5 Å². The van der Waals surface area contributed by atoms with Crippen LogP contribution in [0.1, 0.15) is 20.7 Å². The average molecular weight is 478 g/mol. The van der Waals surface area contributed by atoms with E-state index in [1.807, 2.05) is 0 Å². The Morgan fingerprint density at radius 1 is 0.704 bits per heavy atom. The molecule has 2 rings (SSSR count). The maximum absolute atomic E-state index is 12.9. The molecule has 0 bridgehead atoms. The Balaban J connectivity index is 2.48. The Morgan fingerprint density at radius 3 is 1.37 bits per heavy atom. The van der Waals surface area contributed by atoms with Gasteiger partial charge in [0.15, 0.2) is 0 Å². The minimum atomic E-state index is -1.17. The molecule has 2 aromatic rings. The Morgan fingerprint density at radius 2 is 1.07 bits per heavy atom. The molecule has 0 amide bonds. The molecule has 0 heterocycles. The third-order valence-electron chi connectivity index (χ3n) is 3.58. The van der Waals surface area contributed by atoms with E-state index in [1.165, 1.54) is 28.4 Å². The molecule has 0 aliphatic rings. The van der Waals surface area contributed by atoms with Crippen LogP contribution in [0.25, 0.3) is 0 Å². The van der Waals surface area contributed by atoms with Crippen LogP contribution in [-0.4, -0.2) is 52.8 Å². The van der Waals surface area contributed by atoms with Crippen molar-refractivity contribution in [2.24, 2.45) is 0 Å². The van der Waals surface area contributed by atoms with Crippen LogP contribution in [0.4, 0.5) is 0 Å². The summed E-state index contributed by atoms with van der Waals surface area (Å²) in [5.74, 6) is 0.836. The second kappa shape index (κ2) is 9.33. The summed E-state index contributed by atoms with van der Waals surface area (Å²) in [6, 6.07) is 6.18. The molecule has 0 spiro atoms. The summed E-state index contributed by atoms with van der Waals surface area (Å²) in [7, 11) is 5.60. The molecule has 0 fully saturated rings. The number of hydrogen-bond donors (Lipinski definition) is 0. The summed E-state index contributed by atoms with van der Waals surface area (Å²) in [5.41, 5.74) is 0.224. The first-order chi connectivity index (χ1) is 12.9. The van der Waals surface area contributed by atoms with E-state index in [0.717, 1.165) is 0 Å². The van der Waals surface area contributed by atoms with Crippen molar-refractivity contribution in [1.29, 1.82) is 0 Å². The van der Waals surface area contributed by atoms with Gasteiger partial charge in [0.25, 0.3) is 0 Å². The zero-order valence-corrected chi connectivity index (χ0v) is 18.1. The second-order valence-corrected chi connectivity index (χ2v) is 7.79. The third-order valence-corrected chi connectivity index (χ3v) is 5.81. The molecule has 0 unspecified atom stereocenters. The van der Waals surface area contributed by atoms with Crippen molar-refractivity contribution in [3.63, 3.8) is 0 Å². The third kappa shape index (κ3) is 4.33. The minimum absolute atomic E-state index is 0.112. The van der Waals surface area contributed by atoms with Crippen LogP contribution in [0.3, 0.4) is 0 Å². The number of carbonyl (C=O) groups is 2. The van der Waals surface area contributed by atoms with E-state index < -0.39 is 24.3 Å². The van der Waals surface area contributed by atoms with Gasteiger partial charge in [0, 0.05) is 0 Å². The van der Waals surface area contributed by atoms with Gasteiger partial charge in [-0.1, -0.05) is 0 Å². The molecular weight excluding hydrogens is 462 g/mol. The maximum atomic E-state index is 12.9. The van der Waals surface area contributed by atoms with Crippen molar-refractivity contribution in [3.05, 3.63) is 45.4 Å². The quantitative estimate of drug-likeness (QED) is 0.539. The van der Waals surface area contributed by atoms with Gasteiger partial charge in [-0.2, -0.15) is 0 Å². The van der Waals surface area contributed by atoms with E-state index in [2.05, 4.69) is 0 Å². The molecule has 0 atom stereocenters. The fourth-order valence-corrected chi connectivity index (χ4v) is 4.45. The monoisotopic (exact) mass is 478 g/mol. The molecule has 2 aromatic carbocycles. The van der Waals surface area contributed by atoms with Crippen molar-refractivity contribution in [2.75, 3.05) is 28.4 Å². The van der Waals surface area contributed by atoms with Crippen LogP contribution in [0.2, 0.25) is 10.0 Å². The van der Waals surface area contributed by atoms with Crippen molar-refractivity contribution in [2.45, 2.75) is 0 Å². The van der Waals surface area contributed by atoms with Gasteiger partial charge in [0.2, 0.25) is 0 Å². The number of hydrogen-bond acceptors (Lipinski definition) is 6. The van der Waals surface area contributed by atoms with E-state index >= 15 is 0 Å². The molecule has 27 heavy (non-hydrogen) atoms. The van der Waals surface area contributed by atoms with Gasteiger partial charge < -0.3 is 0 Å². The molecule has 0 N–H and O–H groups in total. The summed E-state index contributed by atoms with van der Waals surface area (Å²) >= 11 is 11.0. The van der Waals surface area contributed by atoms with Crippen LogP contribution in [0.15, 0.2) is 24.3 Å². The van der Waals surface area contributed by atoms with Crippen molar-refractivity contribution in [3.8, 4) is 23.0 Å². The number of methoxy groups -OCH3 is 4. The number of benzene rings is 2. The first-order valence-corrected chi connectivity index (χ1v) is 9.93. The van der Waals surface area contributed by atoms with Gasteiger partial charge >= 0.3 is 173 Å². The molecule has 0 aliphatic carbocycles. The molecule has 0 aromatic heterocycles. The summed E-state index contributed by atoms with van der Waals surface area (Å²) in [6.45, 7) is 0. The zero-order valence-electron chi connectivity index (χ0n) is 14.9. The summed E-state index contributed by atoms with van der Waals surface area (Å²) in [6.07, 6.45) is 0. The standard InChI is InChI=1S/C18H16Cl2O6Se/c1-23-11-7-5-9(19)15(25-3)13(11)17(21)27-18(22)14-12(24-2)8-6-10(20)16(14)26-4/h5-8H,1-4H3. The number of halogens is 2. The van der Waals surface area contributed by atoms with Gasteiger partial charge in [-0.05, 0) is 0 Å². The first kappa shape index (κ1) is 21.4. The molecule has 144 valence electrons. The van der Waals surface area contributed by atoms with Gasteiger partial charge in [0.05, 0.1) is 0 Å². The van der Waals surface area contributed by atoms with E-state index in [9.17, 15) is 9.59 Å². The van der Waals surface area contributed by atoms with Gasteiger partial charge in [-0.25, -0.2) is 0 Å². The second-order valence-electron chi connectivity index (χ2n) is 4.99. The summed E-state index contributed by atoms with van der Waals surface area (Å²) < 4.78 is 20.0. The molecular formula is C18H16Cl2O6Se. The molecule has 0 radical (unpaired) electrons. The Hall–Kier alpha value is -1.92. The summed E-state index contributed by atoms with van der Waals surface area (Å²) in [5, 5.41) is 0.477. The normalized spacial score (nSPS) is 10.3. The SMILES string of the molecule is COc1ccc(Cl)c(OC)c1C(=O)[Se]C(=O)c1c(OC)ccc(Cl)c1OC. The fourth-order valence-electron chi connectivity index (χ4n) is 2.39. The summed E-state index contributed by atoms with van der Waals surface area (Å²) in [4.78, 5) is 25.8. The van der Waals surface area contributed by atoms with Crippen LogP contribution in [0, 0.1) is 0 Å². The van der Waals surface area contributed by atoms with Crippen LogP contribution >= 0.6 is 23.2 Å². The molecule has 0 aliphatic heterocycles. The fraction of sp³-hybridized carbons (Fsp3) is 0.222. The van der Waals surface area contributed by atoms with Crippen molar-refractivity contribution in [1.82, 2.24) is 0 Å². The topological polar surface area (TPSA) is 71.1 Å². The molecule has 0 saturated carbocycles. The predicted molar refractivity (Wildman–Crippen MR) is 104 cm³/mol. The number of carbonyl (C=O) groups excluding carboxylic acids is 2. The first-order valence-electron chi connectivity index (χ1n) is 7.47. The van der Waals surface area contributed by atoms with Gasteiger partial charge in [-0.15, -0.1) is 0 Å². The zero-order chi connectivity index (χ0) is 20.1. The molecule has 9 heteroatoms. The van der Waals surface area contributed by atoms with Crippen LogP contribution < -0.4 is 18.9 Å². The Bertz CT molecular complexity index is 813. The average Bonchev–Trinajstić information content (AvgIpc) is 2.67. The van der Waals surface area contributed by atoms with Gasteiger partial charge in [-0.3, -0.25) is 0 Å². The molecule has 0 saturated heterocycles. The van der Waals surface area contributed by atoms with E-state index in [0.29, 0.717) is 0 Å².